The van der Waals surface area contributed by atoms with Crippen molar-refractivity contribution in [3.05, 3.63) is 55.8 Å². The molecule has 0 aliphatic carbocycles. The van der Waals surface area contributed by atoms with Crippen LogP contribution in [0.1, 0.15) is 31.7 Å². The van der Waals surface area contributed by atoms with Crippen molar-refractivity contribution in [2.45, 2.75) is 62.2 Å². The van der Waals surface area contributed by atoms with Gasteiger partial charge in [-0.05, 0) is 18.9 Å². The Balaban J connectivity index is 1.33. The van der Waals surface area contributed by atoms with Gasteiger partial charge < -0.3 is 30.2 Å². The Morgan fingerprint density at radius 2 is 1.88 bits per heavy atom. The molecule has 0 saturated carbocycles. The molecule has 1 unspecified atom stereocenters. The predicted molar refractivity (Wildman–Crippen MR) is 140 cm³/mol. The number of methoxy groups -OCH3 is 1. The maximum absolute atomic E-state index is 14.2. The molecule has 0 spiro atoms. The Hall–Kier alpha value is -2.73. The molecule has 5 heterocycles. The van der Waals surface area contributed by atoms with Crippen LogP contribution < -0.4 is 22.7 Å². The number of nitrogens with one attached hydrogen (secondary N) is 1. The predicted octanol–water partition coefficient (Wildman–Crippen LogP) is -1.47. The SMILES string of the molecule is CO[C@@H]1[C@H](O)[C@@H](COP(=O)(O[C@H]2C[C@H](n3ccc(N)nc3=O)O[C@@H]2CO)N2CCCC2)O[C@H]1n1ccc(=O)[nH]c1=O. The van der Waals surface area contributed by atoms with Gasteiger partial charge in [0.15, 0.2) is 6.23 Å². The van der Waals surface area contributed by atoms with Crippen LogP contribution in [0, 0.1) is 0 Å². The first kappa shape index (κ1) is 29.8. The second-order valence-corrected chi connectivity index (χ2v) is 11.9. The van der Waals surface area contributed by atoms with Crippen molar-refractivity contribution in [1.29, 1.82) is 0 Å². The van der Waals surface area contributed by atoms with E-state index in [4.69, 9.17) is 29.0 Å². The average Bonchev–Trinajstić information content (AvgIpc) is 3.67. The lowest BCUT2D eigenvalue weighted by molar-refractivity contribution is -0.0648. The summed E-state index contributed by atoms with van der Waals surface area (Å²) in [5.41, 5.74) is 3.56. The van der Waals surface area contributed by atoms with Crippen LogP contribution >= 0.6 is 7.75 Å². The highest BCUT2D eigenvalue weighted by Crippen LogP contribution is 2.56. The molecule has 0 amide bonds. The summed E-state index contributed by atoms with van der Waals surface area (Å²) in [4.78, 5) is 42.0. The third-order valence-corrected chi connectivity index (χ3v) is 9.44. The van der Waals surface area contributed by atoms with Gasteiger partial charge in [-0.2, -0.15) is 4.98 Å². The number of aliphatic hydroxyl groups excluding tert-OH is 2. The molecule has 3 aliphatic heterocycles. The lowest BCUT2D eigenvalue weighted by atomic mass is 10.1. The molecule has 8 atom stereocenters. The van der Waals surface area contributed by atoms with Gasteiger partial charge in [0.25, 0.3) is 5.56 Å². The second kappa shape index (κ2) is 12.2. The number of H-pyrrole nitrogens is 1. The van der Waals surface area contributed by atoms with Crippen LogP contribution in [-0.4, -0.2) is 97.9 Å². The van der Waals surface area contributed by atoms with Crippen LogP contribution in [-0.2, 0) is 27.8 Å². The molecule has 17 nitrogen and oxygen atoms in total. The van der Waals surface area contributed by atoms with Crippen molar-refractivity contribution in [2.24, 2.45) is 0 Å². The third-order valence-electron chi connectivity index (χ3n) is 7.33. The van der Waals surface area contributed by atoms with Crippen molar-refractivity contribution >= 4 is 13.6 Å². The van der Waals surface area contributed by atoms with Crippen molar-refractivity contribution in [2.75, 3.05) is 39.1 Å². The maximum atomic E-state index is 14.2. The van der Waals surface area contributed by atoms with Gasteiger partial charge in [0, 0.05) is 45.1 Å². The fourth-order valence-corrected chi connectivity index (χ4v) is 7.25. The van der Waals surface area contributed by atoms with E-state index < -0.39 is 80.9 Å². The van der Waals surface area contributed by atoms with E-state index in [1.807, 2.05) is 0 Å². The van der Waals surface area contributed by atoms with Crippen molar-refractivity contribution in [3.8, 4) is 0 Å². The van der Waals surface area contributed by atoms with Crippen molar-refractivity contribution in [3.63, 3.8) is 0 Å². The number of nitrogen functional groups attached to an aromatic ring is 1. The van der Waals surface area contributed by atoms with E-state index in [0.29, 0.717) is 13.1 Å². The lowest BCUT2D eigenvalue weighted by Crippen LogP contribution is -2.39. The first-order valence-electron chi connectivity index (χ1n) is 13.1. The van der Waals surface area contributed by atoms with Gasteiger partial charge >= 0.3 is 19.1 Å². The number of nitrogens with zero attached hydrogens (tertiary/aromatic N) is 4. The first-order chi connectivity index (χ1) is 19.6. The normalized spacial score (nSPS) is 31.9. The molecule has 0 radical (unpaired) electrons. The highest BCUT2D eigenvalue weighted by Gasteiger charge is 2.49. The van der Waals surface area contributed by atoms with Crippen LogP contribution in [0.2, 0.25) is 0 Å². The summed E-state index contributed by atoms with van der Waals surface area (Å²) in [6, 6.07) is 2.56. The zero-order valence-corrected chi connectivity index (χ0v) is 23.1. The van der Waals surface area contributed by atoms with E-state index in [-0.39, 0.29) is 12.2 Å². The van der Waals surface area contributed by atoms with E-state index in [1.165, 1.54) is 30.1 Å². The molecule has 0 bridgehead atoms. The summed E-state index contributed by atoms with van der Waals surface area (Å²) in [6.07, 6.45) is -2.98. The summed E-state index contributed by atoms with van der Waals surface area (Å²) >= 11 is 0. The number of nitrogens with two attached hydrogens (primary N) is 1. The number of aromatic nitrogens is 4. The van der Waals surface area contributed by atoms with Crippen LogP contribution in [0.25, 0.3) is 0 Å². The van der Waals surface area contributed by atoms with E-state index in [2.05, 4.69) is 9.97 Å². The highest BCUT2D eigenvalue weighted by atomic mass is 31.2. The quantitative estimate of drug-likeness (QED) is 0.229. The molecule has 2 aromatic rings. The molecule has 41 heavy (non-hydrogen) atoms. The molecule has 2 aromatic heterocycles. The number of hydrogen-bond acceptors (Lipinski definition) is 13. The van der Waals surface area contributed by atoms with Gasteiger partial charge in [0.2, 0.25) is 0 Å². The van der Waals surface area contributed by atoms with Gasteiger partial charge in [-0.1, -0.05) is 0 Å². The van der Waals surface area contributed by atoms with Gasteiger partial charge in [-0.15, -0.1) is 0 Å². The van der Waals surface area contributed by atoms with Crippen LogP contribution in [0.4, 0.5) is 5.82 Å². The number of hydrogen-bond donors (Lipinski definition) is 4. The molecule has 226 valence electrons. The molecular weight excluding hydrogens is 567 g/mol. The number of aromatic amines is 1. The molecule has 3 aliphatic rings. The van der Waals surface area contributed by atoms with Gasteiger partial charge in [0.1, 0.15) is 42.6 Å². The highest BCUT2D eigenvalue weighted by molar-refractivity contribution is 7.51. The Morgan fingerprint density at radius 3 is 2.54 bits per heavy atom. The Kier molecular flexibility index (Phi) is 8.89. The standard InChI is InChI=1S/C23H33N6O11P/c1-36-20-19(32)15(39-21(20)29-9-5-17(31)26-23(29)34)12-37-41(35,27-6-2-3-7-27)40-13-10-18(38-14(13)11-30)28-8-4-16(24)25-22(28)33/h4-5,8-9,13-15,18-21,30,32H,2-3,6-7,10-12H2,1H3,(H2,24,25,33)(H,26,31,34)/t13-,14+,15+,18+,19+,20+,21+,41?/m0/s1. The van der Waals surface area contributed by atoms with Gasteiger partial charge in [-0.3, -0.25) is 28.0 Å². The van der Waals surface area contributed by atoms with Gasteiger partial charge in [0.05, 0.1) is 13.2 Å². The van der Waals surface area contributed by atoms with E-state index in [1.54, 1.807) is 4.67 Å². The summed E-state index contributed by atoms with van der Waals surface area (Å²) in [7, 11) is -2.72. The number of ether oxygens (including phenoxy) is 3. The molecule has 5 N–H and O–H groups in total. The van der Waals surface area contributed by atoms with Crippen LogP contribution in [0.5, 0.6) is 0 Å². The smallest absolute Gasteiger partial charge is 0.394 e. The second-order valence-electron chi connectivity index (χ2n) is 9.93. The number of rotatable bonds is 10. The zero-order valence-electron chi connectivity index (χ0n) is 22.2. The zero-order chi connectivity index (χ0) is 29.3. The maximum Gasteiger partial charge on any atom is 0.408 e. The van der Waals surface area contributed by atoms with E-state index in [0.717, 1.165) is 23.5 Å². The number of aliphatic hydroxyl groups is 2. The van der Waals surface area contributed by atoms with Crippen LogP contribution in [0.3, 0.4) is 0 Å². The summed E-state index contributed by atoms with van der Waals surface area (Å²) in [5, 5.41) is 20.9. The molecule has 3 saturated heterocycles. The van der Waals surface area contributed by atoms with E-state index >= 15 is 0 Å². The Morgan fingerprint density at radius 1 is 1.15 bits per heavy atom. The van der Waals surface area contributed by atoms with E-state index in [9.17, 15) is 29.2 Å². The topological polar surface area (TPSA) is 223 Å². The minimum absolute atomic E-state index is 0.0439. The molecule has 18 heteroatoms. The molecular formula is C23H33N6O11P. The third kappa shape index (κ3) is 6.09. The van der Waals surface area contributed by atoms with Crippen molar-refractivity contribution < 1.29 is 38.0 Å². The average molecular weight is 601 g/mol. The monoisotopic (exact) mass is 600 g/mol. The summed E-state index contributed by atoms with van der Waals surface area (Å²) in [6.45, 7) is -0.0351. The Bertz CT molecular complexity index is 1440. The van der Waals surface area contributed by atoms with Crippen molar-refractivity contribution in [1.82, 2.24) is 23.8 Å². The first-order valence-corrected chi connectivity index (χ1v) is 14.6. The Labute approximate surface area is 233 Å². The largest absolute Gasteiger partial charge is 0.408 e. The molecule has 3 fully saturated rings. The lowest BCUT2D eigenvalue weighted by Gasteiger charge is -2.30. The van der Waals surface area contributed by atoms with Gasteiger partial charge in [-0.25, -0.2) is 18.8 Å². The minimum atomic E-state index is -4.05. The fourth-order valence-electron chi connectivity index (χ4n) is 5.22. The summed E-state index contributed by atoms with van der Waals surface area (Å²) < 4.78 is 47.0. The number of anilines is 1. The minimum Gasteiger partial charge on any atom is -0.394 e. The van der Waals surface area contributed by atoms with Crippen LogP contribution in [0.15, 0.2) is 38.9 Å². The molecule has 5 rings (SSSR count). The summed E-state index contributed by atoms with van der Waals surface area (Å²) in [5.74, 6) is 0.0439. The molecule has 0 aromatic carbocycles. The fraction of sp³-hybridized carbons (Fsp3) is 0.652.